The van der Waals surface area contributed by atoms with Gasteiger partial charge in [-0.3, -0.25) is 4.79 Å². The van der Waals surface area contributed by atoms with E-state index in [2.05, 4.69) is 0 Å². The van der Waals surface area contributed by atoms with Crippen LogP contribution in [0.3, 0.4) is 0 Å². The van der Waals surface area contributed by atoms with E-state index in [0.29, 0.717) is 10.9 Å². The normalized spacial score (nSPS) is 27.0. The molecule has 1 spiro atoms. The van der Waals surface area contributed by atoms with E-state index < -0.39 is 59.6 Å². The van der Waals surface area contributed by atoms with Gasteiger partial charge >= 0.3 is 11.9 Å². The molecule has 0 saturated carbocycles. The second-order valence-electron chi connectivity index (χ2n) is 9.58. The van der Waals surface area contributed by atoms with Crippen LogP contribution in [-0.2, 0) is 19.6 Å². The minimum atomic E-state index is -1.58. The second-order valence-corrected chi connectivity index (χ2v) is 9.58. The first-order valence-corrected chi connectivity index (χ1v) is 11.2. The smallest absolute Gasteiger partial charge is 0.345 e. The van der Waals surface area contributed by atoms with Gasteiger partial charge in [-0.1, -0.05) is 6.07 Å². The average molecular weight is 490 g/mol. The number of fused-ring (bicyclic) bond motifs is 4. The van der Waals surface area contributed by atoms with Crippen LogP contribution >= 0.6 is 0 Å². The topological polar surface area (TPSA) is 160 Å². The molecule has 10 heteroatoms. The Hall–Kier alpha value is -4.15. The first-order chi connectivity index (χ1) is 17.1. The Morgan fingerprint density at radius 2 is 1.72 bits per heavy atom. The summed E-state index contributed by atoms with van der Waals surface area (Å²) in [7, 11) is 1.27. The van der Waals surface area contributed by atoms with Crippen molar-refractivity contribution >= 4 is 28.5 Å². The van der Waals surface area contributed by atoms with Crippen LogP contribution in [0.25, 0.3) is 10.8 Å². The first-order valence-electron chi connectivity index (χ1n) is 11.2. The summed E-state index contributed by atoms with van der Waals surface area (Å²) in [6.07, 6.45) is -2.80. The van der Waals surface area contributed by atoms with E-state index in [-0.39, 0.29) is 50.1 Å². The van der Waals surface area contributed by atoms with E-state index in [1.807, 2.05) is 0 Å². The summed E-state index contributed by atoms with van der Waals surface area (Å²) in [6.45, 7) is 1.22. The molecule has 3 aromatic carbocycles. The van der Waals surface area contributed by atoms with Gasteiger partial charge in [-0.25, -0.2) is 9.59 Å². The molecule has 3 aromatic rings. The SMILES string of the molecule is CO[C@@H]1OC(=O)c2c(O)ccc3c4c(c(O)c1c23)[C@]12COC(=O)c3c(O)cc(C)c(c31)C(=O)[C@H]4[C@@H]2O. The third-order valence-electron chi connectivity index (χ3n) is 8.06. The largest absolute Gasteiger partial charge is 0.507 e. The number of Topliss-reactive ketones (excluding diaryl/α,β-unsaturated/α-hetero) is 1. The van der Waals surface area contributed by atoms with Crippen molar-refractivity contribution in [3.63, 3.8) is 0 Å². The van der Waals surface area contributed by atoms with Crippen molar-refractivity contribution in [1.82, 2.24) is 0 Å². The quantitative estimate of drug-likeness (QED) is 0.372. The predicted octanol–water partition coefficient (Wildman–Crippen LogP) is 2.19. The minimum Gasteiger partial charge on any atom is -0.507 e. The Morgan fingerprint density at radius 3 is 2.44 bits per heavy atom. The molecule has 0 saturated heterocycles. The molecule has 2 bridgehead atoms. The van der Waals surface area contributed by atoms with Gasteiger partial charge in [0.15, 0.2) is 5.78 Å². The van der Waals surface area contributed by atoms with Gasteiger partial charge in [0.25, 0.3) is 0 Å². The van der Waals surface area contributed by atoms with Gasteiger partial charge in [0, 0.05) is 23.6 Å². The number of hydrogen-bond donors (Lipinski definition) is 4. The maximum absolute atomic E-state index is 13.9. The van der Waals surface area contributed by atoms with Gasteiger partial charge in [0.1, 0.15) is 35.0 Å². The van der Waals surface area contributed by atoms with Gasteiger partial charge < -0.3 is 34.6 Å². The molecule has 0 amide bonds. The molecule has 182 valence electrons. The van der Waals surface area contributed by atoms with Crippen LogP contribution in [0.2, 0.25) is 0 Å². The summed E-state index contributed by atoms with van der Waals surface area (Å²) >= 11 is 0. The van der Waals surface area contributed by atoms with E-state index in [4.69, 9.17) is 14.2 Å². The maximum atomic E-state index is 13.9. The number of carbonyl (C=O) groups excluding carboxylic acids is 3. The van der Waals surface area contributed by atoms with Crippen LogP contribution in [0.4, 0.5) is 0 Å². The van der Waals surface area contributed by atoms with Crippen molar-refractivity contribution in [2.24, 2.45) is 0 Å². The number of aliphatic hydroxyl groups excluding tert-OH is 1. The number of rotatable bonds is 1. The molecule has 2 aliphatic heterocycles. The highest BCUT2D eigenvalue weighted by Gasteiger charge is 2.66. The number of aliphatic hydroxyl groups is 1. The number of cyclic esters (lactones) is 2. The van der Waals surface area contributed by atoms with E-state index in [9.17, 15) is 34.8 Å². The van der Waals surface area contributed by atoms with Gasteiger partial charge in [-0.15, -0.1) is 0 Å². The lowest BCUT2D eigenvalue weighted by molar-refractivity contribution is -0.0951. The molecule has 2 aliphatic carbocycles. The molecule has 2 heterocycles. The number of phenolic OH excluding ortho intramolecular Hbond substituents is 3. The number of methoxy groups -OCH3 is 1. The van der Waals surface area contributed by atoms with Crippen LogP contribution in [0, 0.1) is 6.92 Å². The molecule has 4 aliphatic rings. The Labute approximate surface area is 202 Å². The lowest BCUT2D eigenvalue weighted by Crippen LogP contribution is -2.52. The zero-order valence-electron chi connectivity index (χ0n) is 18.9. The van der Waals surface area contributed by atoms with Crippen molar-refractivity contribution in [2.75, 3.05) is 13.7 Å². The van der Waals surface area contributed by atoms with Gasteiger partial charge in [0.05, 0.1) is 23.0 Å². The molecular formula is C26H18O10. The molecule has 0 aromatic heterocycles. The van der Waals surface area contributed by atoms with E-state index in [1.54, 1.807) is 6.92 Å². The van der Waals surface area contributed by atoms with Crippen LogP contribution in [0.5, 0.6) is 17.2 Å². The number of phenols is 3. The molecule has 0 fully saturated rings. The predicted molar refractivity (Wildman–Crippen MR) is 119 cm³/mol. The molecule has 0 radical (unpaired) electrons. The molecule has 10 nitrogen and oxygen atoms in total. The van der Waals surface area contributed by atoms with Gasteiger partial charge in [-0.2, -0.15) is 0 Å². The lowest BCUT2D eigenvalue weighted by Gasteiger charge is -2.43. The van der Waals surface area contributed by atoms with Crippen LogP contribution in [0.15, 0.2) is 18.2 Å². The number of ketones is 1. The highest BCUT2D eigenvalue weighted by atomic mass is 16.7. The summed E-state index contributed by atoms with van der Waals surface area (Å²) in [5.41, 5.74) is -0.918. The fraction of sp³-hybridized carbons (Fsp3) is 0.269. The highest BCUT2D eigenvalue weighted by molar-refractivity contribution is 6.17. The second kappa shape index (κ2) is 6.34. The Bertz CT molecular complexity index is 1640. The van der Waals surface area contributed by atoms with E-state index >= 15 is 0 Å². The number of hydrogen-bond acceptors (Lipinski definition) is 10. The third-order valence-corrected chi connectivity index (χ3v) is 8.06. The average Bonchev–Trinajstić information content (AvgIpc) is 3.02. The molecule has 7 rings (SSSR count). The first kappa shape index (κ1) is 21.2. The Kier molecular flexibility index (Phi) is 3.73. The van der Waals surface area contributed by atoms with Crippen molar-refractivity contribution in [1.29, 1.82) is 0 Å². The summed E-state index contributed by atoms with van der Waals surface area (Å²) in [6, 6.07) is 4.08. The van der Waals surface area contributed by atoms with E-state index in [1.165, 1.54) is 25.3 Å². The number of esters is 2. The number of aromatic hydroxyl groups is 3. The lowest BCUT2D eigenvalue weighted by atomic mass is 9.63. The highest BCUT2D eigenvalue weighted by Crippen LogP contribution is 2.65. The monoisotopic (exact) mass is 490 g/mol. The molecule has 0 unspecified atom stereocenters. The standard InChI is InChI=1S/C26H18O10/c1-7-5-10(28)15-18-11(7)20(29)16-13-8-3-4-9(27)14-12(8)17(25(34-2)36-24(14)33)21(30)19(13)26(18,22(16)31)6-35-23(15)32/h3-5,16,22,25,27-28,30-31H,6H2,1-2H3/t16-,22-,25+,26-/m0/s1. The Balaban J connectivity index is 1.74. The molecule has 4 N–H and O–H groups in total. The van der Waals surface area contributed by atoms with Crippen molar-refractivity contribution in [2.45, 2.75) is 30.7 Å². The van der Waals surface area contributed by atoms with Crippen molar-refractivity contribution in [3.05, 3.63) is 62.7 Å². The summed E-state index contributed by atoms with van der Waals surface area (Å²) in [5.74, 6) is -4.59. The summed E-state index contributed by atoms with van der Waals surface area (Å²) in [4.78, 5) is 39.5. The van der Waals surface area contributed by atoms with Gasteiger partial charge in [0.2, 0.25) is 6.29 Å². The molecule has 4 atom stereocenters. The van der Waals surface area contributed by atoms with Gasteiger partial charge in [-0.05, 0) is 41.1 Å². The zero-order chi connectivity index (χ0) is 25.4. The zero-order valence-corrected chi connectivity index (χ0v) is 18.9. The maximum Gasteiger partial charge on any atom is 0.345 e. The molecule has 36 heavy (non-hydrogen) atoms. The minimum absolute atomic E-state index is 0.0372. The van der Waals surface area contributed by atoms with Crippen molar-refractivity contribution in [3.8, 4) is 17.2 Å². The van der Waals surface area contributed by atoms with Crippen molar-refractivity contribution < 1.29 is 49.0 Å². The number of carbonyl (C=O) groups is 3. The van der Waals surface area contributed by atoms with Crippen LogP contribution < -0.4 is 0 Å². The fourth-order valence-electron chi connectivity index (χ4n) is 6.75. The van der Waals surface area contributed by atoms with E-state index in [0.717, 1.165) is 0 Å². The fourth-order valence-corrected chi connectivity index (χ4v) is 6.75. The van der Waals surface area contributed by atoms with Crippen LogP contribution in [0.1, 0.15) is 71.1 Å². The summed E-state index contributed by atoms with van der Waals surface area (Å²) in [5, 5.41) is 45.1. The van der Waals surface area contributed by atoms with Crippen LogP contribution in [-0.4, -0.2) is 58.0 Å². The Morgan fingerprint density at radius 1 is 0.972 bits per heavy atom. The summed E-state index contributed by atoms with van der Waals surface area (Å²) < 4.78 is 16.1. The number of ether oxygens (including phenoxy) is 3. The molecular weight excluding hydrogens is 472 g/mol. The number of benzene rings is 3. The third kappa shape index (κ3) is 2.02. The number of aryl methyl sites for hydroxylation is 1.